The van der Waals surface area contributed by atoms with Gasteiger partial charge in [0.15, 0.2) is 0 Å². The van der Waals surface area contributed by atoms with Gasteiger partial charge in [-0.3, -0.25) is 14.6 Å². The lowest BCUT2D eigenvalue weighted by Crippen LogP contribution is -2.40. The maximum atomic E-state index is 12.2. The lowest BCUT2D eigenvalue weighted by Gasteiger charge is -2.27. The highest BCUT2D eigenvalue weighted by atomic mass is 16.5. The molecule has 1 heterocycles. The lowest BCUT2D eigenvalue weighted by atomic mass is 10.1. The Morgan fingerprint density at radius 2 is 1.96 bits per heavy atom. The maximum Gasteiger partial charge on any atom is 0.325 e. The maximum absolute atomic E-state index is 12.2. The molecule has 1 aromatic carbocycles. The second-order valence-corrected chi connectivity index (χ2v) is 6.76. The van der Waals surface area contributed by atoms with Gasteiger partial charge < -0.3 is 10.1 Å². The number of nitrogens with one attached hydrogen (secondary N) is 1. The van der Waals surface area contributed by atoms with Gasteiger partial charge in [-0.2, -0.15) is 0 Å². The number of urea groups is 1. The molecular weight excluding hydrogens is 306 g/mol. The zero-order valence-corrected chi connectivity index (χ0v) is 15.1. The Balaban J connectivity index is 1.90. The van der Waals surface area contributed by atoms with Crippen LogP contribution in [0.15, 0.2) is 24.3 Å². The van der Waals surface area contributed by atoms with Crippen LogP contribution in [-0.2, 0) is 4.79 Å². The molecule has 1 saturated heterocycles. The fraction of sp³-hybridized carbons (Fsp3) is 0.556. The summed E-state index contributed by atoms with van der Waals surface area (Å²) in [6.07, 6.45) is 0.727. The molecule has 1 atom stereocenters. The predicted octanol–water partition coefficient (Wildman–Crippen LogP) is 2.41. The average molecular weight is 333 g/mol. The summed E-state index contributed by atoms with van der Waals surface area (Å²) in [5.41, 5.74) is 0.326. The number of ether oxygens (including phenoxy) is 1. The molecule has 0 aliphatic carbocycles. The molecule has 3 amide bonds. The molecule has 0 aromatic heterocycles. The molecule has 1 aliphatic rings. The van der Waals surface area contributed by atoms with E-state index in [2.05, 4.69) is 23.2 Å². The third-order valence-corrected chi connectivity index (χ3v) is 4.59. The van der Waals surface area contributed by atoms with Gasteiger partial charge in [-0.05, 0) is 40.3 Å². The molecule has 0 saturated carbocycles. The van der Waals surface area contributed by atoms with Gasteiger partial charge in [0.05, 0.1) is 7.11 Å². The molecule has 24 heavy (non-hydrogen) atoms. The number of hydrogen-bond acceptors (Lipinski definition) is 4. The van der Waals surface area contributed by atoms with Crippen LogP contribution in [0, 0.1) is 0 Å². The Hall–Kier alpha value is -2.08. The van der Waals surface area contributed by atoms with E-state index < -0.39 is 5.54 Å². The molecular formula is C18H27N3O3. The summed E-state index contributed by atoms with van der Waals surface area (Å²) in [5, 5.41) is 2.70. The van der Waals surface area contributed by atoms with Crippen molar-refractivity contribution in [2.45, 2.75) is 38.8 Å². The fourth-order valence-corrected chi connectivity index (χ4v) is 2.94. The zero-order chi connectivity index (χ0) is 17.9. The van der Waals surface area contributed by atoms with Gasteiger partial charge in [0.2, 0.25) is 0 Å². The first-order chi connectivity index (χ1) is 11.3. The summed E-state index contributed by atoms with van der Waals surface area (Å²) in [6, 6.07) is 7.84. The number of nitrogens with zero attached hydrogens (tertiary/aromatic N) is 2. The number of imide groups is 1. The van der Waals surface area contributed by atoms with Crippen molar-refractivity contribution in [1.82, 2.24) is 15.1 Å². The number of methoxy groups -OCH3 is 1. The van der Waals surface area contributed by atoms with Crippen LogP contribution < -0.4 is 10.1 Å². The Morgan fingerprint density at radius 3 is 2.54 bits per heavy atom. The van der Waals surface area contributed by atoms with Crippen LogP contribution in [0.3, 0.4) is 0 Å². The molecule has 0 bridgehead atoms. The summed E-state index contributed by atoms with van der Waals surface area (Å²) < 4.78 is 5.42. The monoisotopic (exact) mass is 333 g/mol. The fourth-order valence-electron chi connectivity index (χ4n) is 2.94. The molecule has 0 spiro atoms. The second kappa shape index (κ2) is 7.21. The molecule has 6 heteroatoms. The Kier molecular flexibility index (Phi) is 5.49. The number of rotatable bonds is 7. The van der Waals surface area contributed by atoms with Gasteiger partial charge in [-0.1, -0.05) is 18.2 Å². The molecule has 1 aliphatic heterocycles. The highest BCUT2D eigenvalue weighted by Crippen LogP contribution is 2.28. The number of hydrogen-bond donors (Lipinski definition) is 1. The third kappa shape index (κ3) is 3.70. The van der Waals surface area contributed by atoms with E-state index >= 15 is 0 Å². The normalized spacial score (nSPS) is 18.0. The van der Waals surface area contributed by atoms with Gasteiger partial charge in [0, 0.05) is 24.7 Å². The van der Waals surface area contributed by atoms with E-state index in [1.165, 1.54) is 4.90 Å². The minimum absolute atomic E-state index is 0.159. The van der Waals surface area contributed by atoms with E-state index in [0.717, 1.165) is 24.3 Å². The van der Waals surface area contributed by atoms with Crippen molar-refractivity contribution in [2.24, 2.45) is 0 Å². The van der Waals surface area contributed by atoms with Crippen molar-refractivity contribution >= 4 is 11.9 Å². The first kappa shape index (κ1) is 18.3. The van der Waals surface area contributed by atoms with E-state index in [1.807, 2.05) is 25.2 Å². The van der Waals surface area contributed by atoms with Crippen molar-refractivity contribution in [3.63, 3.8) is 0 Å². The zero-order valence-electron chi connectivity index (χ0n) is 15.1. The largest absolute Gasteiger partial charge is 0.496 e. The first-order valence-electron chi connectivity index (χ1n) is 8.25. The number of carbonyl (C=O) groups excluding carboxylic acids is 2. The molecule has 1 fully saturated rings. The van der Waals surface area contributed by atoms with Crippen LogP contribution in [0.1, 0.15) is 38.8 Å². The predicted molar refractivity (Wildman–Crippen MR) is 93.0 cm³/mol. The van der Waals surface area contributed by atoms with Crippen molar-refractivity contribution in [3.8, 4) is 5.75 Å². The molecule has 0 radical (unpaired) electrons. The van der Waals surface area contributed by atoms with E-state index in [4.69, 9.17) is 4.74 Å². The van der Waals surface area contributed by atoms with E-state index in [1.54, 1.807) is 21.0 Å². The van der Waals surface area contributed by atoms with Gasteiger partial charge >= 0.3 is 6.03 Å². The van der Waals surface area contributed by atoms with Crippen molar-refractivity contribution in [3.05, 3.63) is 29.8 Å². The summed E-state index contributed by atoms with van der Waals surface area (Å²) in [6.45, 7) is 6.77. The van der Waals surface area contributed by atoms with Crippen LogP contribution in [0.4, 0.5) is 4.79 Å². The van der Waals surface area contributed by atoms with Crippen molar-refractivity contribution in [2.75, 3.05) is 27.2 Å². The smallest absolute Gasteiger partial charge is 0.325 e. The van der Waals surface area contributed by atoms with Gasteiger partial charge in [0.25, 0.3) is 5.91 Å². The minimum Gasteiger partial charge on any atom is -0.496 e. The molecule has 1 aromatic rings. The van der Waals surface area contributed by atoms with E-state index in [0.29, 0.717) is 6.54 Å². The topological polar surface area (TPSA) is 61.9 Å². The Bertz CT molecular complexity index is 615. The lowest BCUT2D eigenvalue weighted by molar-refractivity contribution is -0.130. The molecule has 1 N–H and O–H groups in total. The van der Waals surface area contributed by atoms with Crippen LogP contribution in [0.2, 0.25) is 0 Å². The Morgan fingerprint density at radius 1 is 1.29 bits per heavy atom. The third-order valence-electron chi connectivity index (χ3n) is 4.59. The van der Waals surface area contributed by atoms with Crippen molar-refractivity contribution < 1.29 is 14.3 Å². The highest BCUT2D eigenvalue weighted by Gasteiger charge is 2.43. The van der Waals surface area contributed by atoms with E-state index in [9.17, 15) is 9.59 Å². The quantitative estimate of drug-likeness (QED) is 0.779. The molecule has 1 unspecified atom stereocenters. The highest BCUT2D eigenvalue weighted by molar-refractivity contribution is 6.06. The first-order valence-corrected chi connectivity index (χ1v) is 8.25. The standard InChI is InChI=1S/C18H27N3O3/c1-13(14-9-6-7-10-15(14)24-5)20(4)11-8-12-21-16(22)18(2,3)19-17(21)23/h6-7,9-10,13H,8,11-12H2,1-5H3,(H,19,23). The number of benzene rings is 1. The van der Waals surface area contributed by atoms with Crippen LogP contribution in [0.25, 0.3) is 0 Å². The van der Waals surface area contributed by atoms with Crippen molar-refractivity contribution in [1.29, 1.82) is 0 Å². The number of para-hydroxylation sites is 1. The van der Waals surface area contributed by atoms with Crippen LogP contribution in [-0.4, -0.2) is 54.5 Å². The summed E-state index contributed by atoms with van der Waals surface area (Å²) >= 11 is 0. The van der Waals surface area contributed by atoms with Gasteiger partial charge in [-0.15, -0.1) is 0 Å². The average Bonchev–Trinajstić information content (AvgIpc) is 2.75. The van der Waals surface area contributed by atoms with Gasteiger partial charge in [0.1, 0.15) is 11.3 Å². The summed E-state index contributed by atoms with van der Waals surface area (Å²) in [4.78, 5) is 27.5. The number of amides is 3. The SMILES string of the molecule is COc1ccccc1C(C)N(C)CCCN1C(=O)NC(C)(C)C1=O. The summed E-state index contributed by atoms with van der Waals surface area (Å²) in [7, 11) is 3.71. The van der Waals surface area contributed by atoms with Crippen LogP contribution in [0.5, 0.6) is 5.75 Å². The number of carbonyl (C=O) groups is 2. The van der Waals surface area contributed by atoms with E-state index in [-0.39, 0.29) is 18.0 Å². The molecule has 2 rings (SSSR count). The molecule has 132 valence electrons. The Labute approximate surface area is 143 Å². The minimum atomic E-state index is -0.798. The molecule has 6 nitrogen and oxygen atoms in total. The van der Waals surface area contributed by atoms with Crippen LogP contribution >= 0.6 is 0 Å². The second-order valence-electron chi connectivity index (χ2n) is 6.76. The summed E-state index contributed by atoms with van der Waals surface area (Å²) in [5.74, 6) is 0.709. The van der Waals surface area contributed by atoms with Gasteiger partial charge in [-0.25, -0.2) is 4.79 Å².